The van der Waals surface area contributed by atoms with E-state index in [9.17, 15) is 14.0 Å². The summed E-state index contributed by atoms with van der Waals surface area (Å²) in [6, 6.07) is 10.8. The van der Waals surface area contributed by atoms with E-state index in [4.69, 9.17) is 0 Å². The first-order valence-corrected chi connectivity index (χ1v) is 7.42. The molecule has 2 amide bonds. The van der Waals surface area contributed by atoms with E-state index >= 15 is 0 Å². The van der Waals surface area contributed by atoms with Gasteiger partial charge in [0.05, 0.1) is 12.1 Å². The number of rotatable bonds is 3. The lowest BCUT2D eigenvalue weighted by Gasteiger charge is -2.18. The lowest BCUT2D eigenvalue weighted by Crippen LogP contribution is -2.35. The number of halogens is 1. The zero-order chi connectivity index (χ0) is 16.6. The van der Waals surface area contributed by atoms with Gasteiger partial charge < -0.3 is 5.32 Å². The molecule has 0 spiro atoms. The van der Waals surface area contributed by atoms with Crippen molar-refractivity contribution in [2.24, 2.45) is 0 Å². The monoisotopic (exact) mass is 312 g/mol. The van der Waals surface area contributed by atoms with Crippen LogP contribution in [0, 0.1) is 19.7 Å². The molecule has 0 aromatic heterocycles. The van der Waals surface area contributed by atoms with Gasteiger partial charge in [-0.2, -0.15) is 0 Å². The predicted molar refractivity (Wildman–Crippen MR) is 86.8 cm³/mol. The van der Waals surface area contributed by atoms with E-state index in [-0.39, 0.29) is 18.2 Å². The number of carbonyl (C=O) groups excluding carboxylic acids is 2. The minimum Gasteiger partial charge on any atom is -0.373 e. The van der Waals surface area contributed by atoms with Crippen LogP contribution in [0.25, 0.3) is 0 Å². The molecule has 0 saturated carbocycles. The number of anilines is 2. The van der Waals surface area contributed by atoms with Crippen LogP contribution >= 0.6 is 0 Å². The van der Waals surface area contributed by atoms with E-state index in [0.29, 0.717) is 11.4 Å². The molecule has 1 heterocycles. The van der Waals surface area contributed by atoms with Crippen LogP contribution in [0.15, 0.2) is 42.5 Å². The van der Waals surface area contributed by atoms with Crippen LogP contribution in [-0.4, -0.2) is 17.9 Å². The molecule has 2 aromatic carbocycles. The van der Waals surface area contributed by atoms with Gasteiger partial charge >= 0.3 is 0 Å². The van der Waals surface area contributed by atoms with Crippen LogP contribution in [-0.2, 0) is 9.59 Å². The highest BCUT2D eigenvalue weighted by molar-refractivity contribution is 6.23. The molecule has 2 aromatic rings. The second-order valence-electron chi connectivity index (χ2n) is 5.77. The predicted octanol–water partition coefficient (Wildman–Crippen LogP) is 3.19. The highest BCUT2D eigenvalue weighted by atomic mass is 19.1. The fraction of sp³-hybridized carbons (Fsp3) is 0.222. The molecule has 1 aliphatic rings. The summed E-state index contributed by atoms with van der Waals surface area (Å²) in [6.45, 7) is 3.83. The number of carbonyl (C=O) groups is 2. The van der Waals surface area contributed by atoms with Gasteiger partial charge in [0.1, 0.15) is 11.9 Å². The van der Waals surface area contributed by atoms with Crippen molar-refractivity contribution in [1.29, 1.82) is 0 Å². The molecule has 5 heteroatoms. The summed E-state index contributed by atoms with van der Waals surface area (Å²) in [5, 5.41) is 2.94. The molecular weight excluding hydrogens is 295 g/mol. The third-order valence-electron chi connectivity index (χ3n) is 3.91. The fourth-order valence-corrected chi connectivity index (χ4v) is 2.83. The van der Waals surface area contributed by atoms with Crippen molar-refractivity contribution in [3.05, 3.63) is 59.4 Å². The van der Waals surface area contributed by atoms with Gasteiger partial charge in [-0.25, -0.2) is 9.29 Å². The highest BCUT2D eigenvalue weighted by Crippen LogP contribution is 2.28. The van der Waals surface area contributed by atoms with Crippen LogP contribution in [0.2, 0.25) is 0 Å². The van der Waals surface area contributed by atoms with E-state index in [2.05, 4.69) is 5.32 Å². The molecule has 118 valence electrons. The lowest BCUT2D eigenvalue weighted by atomic mass is 10.1. The van der Waals surface area contributed by atoms with Gasteiger partial charge in [-0.05, 0) is 43.7 Å². The van der Waals surface area contributed by atoms with E-state index < -0.39 is 11.9 Å². The number of imide groups is 1. The largest absolute Gasteiger partial charge is 0.373 e. The molecule has 1 aliphatic heterocycles. The zero-order valence-electron chi connectivity index (χ0n) is 13.0. The number of nitrogens with zero attached hydrogens (tertiary/aromatic N) is 1. The number of nitrogens with one attached hydrogen (secondary N) is 1. The maximum atomic E-state index is 13.2. The lowest BCUT2D eigenvalue weighted by molar-refractivity contribution is -0.121. The Morgan fingerprint density at radius 2 is 1.91 bits per heavy atom. The Hall–Kier alpha value is -2.69. The van der Waals surface area contributed by atoms with Crippen LogP contribution in [0.1, 0.15) is 17.5 Å². The van der Waals surface area contributed by atoms with Crippen molar-refractivity contribution >= 4 is 23.2 Å². The topological polar surface area (TPSA) is 49.4 Å². The van der Waals surface area contributed by atoms with Crippen LogP contribution in [0.5, 0.6) is 0 Å². The van der Waals surface area contributed by atoms with E-state index in [0.717, 1.165) is 11.1 Å². The molecular formula is C18H17FN2O2. The first-order chi connectivity index (χ1) is 11.0. The molecule has 0 radical (unpaired) electrons. The minimum atomic E-state index is -0.676. The van der Waals surface area contributed by atoms with E-state index in [1.54, 1.807) is 18.2 Å². The first kappa shape index (κ1) is 15.2. The quantitative estimate of drug-likeness (QED) is 0.886. The number of aryl methyl sites for hydroxylation is 2. The molecule has 0 bridgehead atoms. The summed E-state index contributed by atoms with van der Waals surface area (Å²) >= 11 is 0. The summed E-state index contributed by atoms with van der Waals surface area (Å²) < 4.78 is 13.2. The average molecular weight is 312 g/mol. The fourth-order valence-electron chi connectivity index (χ4n) is 2.83. The van der Waals surface area contributed by atoms with Crippen molar-refractivity contribution in [1.82, 2.24) is 0 Å². The Bertz CT molecular complexity index is 788. The van der Waals surface area contributed by atoms with Gasteiger partial charge in [0.2, 0.25) is 5.91 Å². The third kappa shape index (κ3) is 2.95. The van der Waals surface area contributed by atoms with Crippen molar-refractivity contribution in [3.8, 4) is 0 Å². The van der Waals surface area contributed by atoms with Crippen LogP contribution in [0.4, 0.5) is 15.8 Å². The Labute approximate surface area is 133 Å². The van der Waals surface area contributed by atoms with Crippen LogP contribution in [0.3, 0.4) is 0 Å². The van der Waals surface area contributed by atoms with Gasteiger partial charge in [-0.15, -0.1) is 0 Å². The average Bonchev–Trinajstić information content (AvgIpc) is 2.74. The zero-order valence-corrected chi connectivity index (χ0v) is 13.0. The second kappa shape index (κ2) is 5.83. The minimum absolute atomic E-state index is 0.0582. The number of hydrogen-bond donors (Lipinski definition) is 1. The maximum absolute atomic E-state index is 13.2. The molecule has 0 aliphatic carbocycles. The third-order valence-corrected chi connectivity index (χ3v) is 3.91. The van der Waals surface area contributed by atoms with Gasteiger partial charge in [0, 0.05) is 5.69 Å². The molecule has 1 atom stereocenters. The van der Waals surface area contributed by atoms with Gasteiger partial charge in [0.15, 0.2) is 0 Å². The van der Waals surface area contributed by atoms with Crippen molar-refractivity contribution in [3.63, 3.8) is 0 Å². The molecule has 1 N–H and O–H groups in total. The highest BCUT2D eigenvalue weighted by Gasteiger charge is 2.40. The Kier molecular flexibility index (Phi) is 3.86. The second-order valence-corrected chi connectivity index (χ2v) is 5.77. The van der Waals surface area contributed by atoms with E-state index in [1.807, 2.05) is 26.0 Å². The van der Waals surface area contributed by atoms with Crippen molar-refractivity contribution in [2.75, 3.05) is 10.2 Å². The molecule has 1 fully saturated rings. The Morgan fingerprint density at radius 3 is 2.61 bits per heavy atom. The Morgan fingerprint density at radius 1 is 1.13 bits per heavy atom. The maximum Gasteiger partial charge on any atom is 0.256 e. The molecule has 4 nitrogen and oxygen atoms in total. The summed E-state index contributed by atoms with van der Waals surface area (Å²) in [5.41, 5.74) is 3.03. The van der Waals surface area contributed by atoms with Gasteiger partial charge in [0.25, 0.3) is 5.91 Å². The smallest absolute Gasteiger partial charge is 0.256 e. The Balaban J connectivity index is 1.85. The van der Waals surface area contributed by atoms with Gasteiger partial charge in [-0.1, -0.05) is 23.8 Å². The van der Waals surface area contributed by atoms with Crippen LogP contribution < -0.4 is 10.2 Å². The summed E-state index contributed by atoms with van der Waals surface area (Å²) in [6.07, 6.45) is 0.0582. The number of benzene rings is 2. The molecule has 1 saturated heterocycles. The summed E-state index contributed by atoms with van der Waals surface area (Å²) in [7, 11) is 0. The van der Waals surface area contributed by atoms with Gasteiger partial charge in [-0.3, -0.25) is 9.59 Å². The normalized spacial score (nSPS) is 17.7. The first-order valence-electron chi connectivity index (χ1n) is 7.42. The summed E-state index contributed by atoms with van der Waals surface area (Å²) in [5.74, 6) is -0.958. The number of hydrogen-bond acceptors (Lipinski definition) is 3. The molecule has 0 unspecified atom stereocenters. The number of amides is 2. The standard InChI is InChI=1S/C18H17FN2O2/c1-11-6-7-16(12(2)8-11)21-17(22)10-15(18(21)23)20-14-5-3-4-13(19)9-14/h3-9,15,20H,10H2,1-2H3/t15-/m1/s1. The van der Waals surface area contributed by atoms with Crippen molar-refractivity contribution in [2.45, 2.75) is 26.3 Å². The summed E-state index contributed by atoms with van der Waals surface area (Å²) in [4.78, 5) is 26.1. The molecule has 3 rings (SSSR count). The SMILES string of the molecule is Cc1ccc(N2C(=O)C[C@@H](Nc3cccc(F)c3)C2=O)c(C)c1. The molecule has 23 heavy (non-hydrogen) atoms. The van der Waals surface area contributed by atoms with Crippen molar-refractivity contribution < 1.29 is 14.0 Å². The van der Waals surface area contributed by atoms with E-state index in [1.165, 1.54) is 17.0 Å².